The SMILES string of the molecule is Cn1cnc(C2CC3CC(O)(C#CC4(O)CC(c5ccc(F)cc5F)C4)CC3C2)c1C(=O)Nc1ccc(F)c(Cl)c1. The number of hydrogen-bond donors (Lipinski definition) is 3. The maximum absolute atomic E-state index is 14.1. The van der Waals surface area contributed by atoms with Crippen molar-refractivity contribution in [3.8, 4) is 11.8 Å². The third-order valence-electron chi connectivity index (χ3n) is 8.88. The number of aromatic nitrogens is 2. The number of aliphatic hydroxyl groups is 2. The lowest BCUT2D eigenvalue weighted by Gasteiger charge is -2.40. The maximum Gasteiger partial charge on any atom is 0.274 e. The van der Waals surface area contributed by atoms with Crippen LogP contribution in [0.25, 0.3) is 0 Å². The molecule has 3 aliphatic rings. The Morgan fingerprint density at radius 1 is 0.976 bits per heavy atom. The Labute approximate surface area is 240 Å². The van der Waals surface area contributed by atoms with Crippen molar-refractivity contribution in [1.82, 2.24) is 9.55 Å². The van der Waals surface area contributed by atoms with Gasteiger partial charge in [-0.2, -0.15) is 0 Å². The number of imidazole rings is 1. The van der Waals surface area contributed by atoms with Gasteiger partial charge in [0.15, 0.2) is 0 Å². The molecule has 0 radical (unpaired) electrons. The highest BCUT2D eigenvalue weighted by atomic mass is 35.5. The van der Waals surface area contributed by atoms with Gasteiger partial charge in [-0.3, -0.25) is 4.79 Å². The fraction of sp³-hybridized carbons (Fsp3) is 0.419. The Kier molecular flexibility index (Phi) is 6.92. The fourth-order valence-electron chi connectivity index (χ4n) is 6.92. The van der Waals surface area contributed by atoms with Crippen LogP contribution >= 0.6 is 11.6 Å². The Balaban J connectivity index is 1.09. The molecule has 10 heteroatoms. The zero-order valence-corrected chi connectivity index (χ0v) is 23.1. The number of anilines is 1. The lowest BCUT2D eigenvalue weighted by molar-refractivity contribution is 0.00376. The smallest absolute Gasteiger partial charge is 0.274 e. The minimum atomic E-state index is -1.31. The van der Waals surface area contributed by atoms with Crippen LogP contribution in [-0.2, 0) is 7.05 Å². The molecular formula is C31H29ClF3N3O3. The Morgan fingerprint density at radius 3 is 2.27 bits per heavy atom. The summed E-state index contributed by atoms with van der Waals surface area (Å²) in [5.41, 5.74) is -0.694. The number of fused-ring (bicyclic) bond motifs is 1. The highest BCUT2D eigenvalue weighted by molar-refractivity contribution is 6.31. The van der Waals surface area contributed by atoms with E-state index in [0.29, 0.717) is 35.5 Å². The predicted octanol–water partition coefficient (Wildman–Crippen LogP) is 5.69. The molecule has 2 aromatic carbocycles. The second-order valence-electron chi connectivity index (χ2n) is 11.9. The molecule has 0 spiro atoms. The zero-order valence-electron chi connectivity index (χ0n) is 22.3. The highest BCUT2D eigenvalue weighted by Crippen LogP contribution is 2.54. The molecule has 1 aromatic heterocycles. The van der Waals surface area contributed by atoms with Crippen LogP contribution in [0.3, 0.4) is 0 Å². The van der Waals surface area contributed by atoms with E-state index in [1.54, 1.807) is 17.9 Å². The first-order chi connectivity index (χ1) is 19.4. The molecule has 3 saturated carbocycles. The summed E-state index contributed by atoms with van der Waals surface area (Å²) in [4.78, 5) is 17.7. The van der Waals surface area contributed by atoms with Crippen molar-refractivity contribution in [2.75, 3.05) is 5.32 Å². The minimum absolute atomic E-state index is 0.0310. The van der Waals surface area contributed by atoms with E-state index in [9.17, 15) is 28.2 Å². The average molecular weight is 584 g/mol. The number of carbonyl (C=O) groups is 1. The van der Waals surface area contributed by atoms with Gasteiger partial charge in [0.05, 0.1) is 17.0 Å². The molecule has 1 heterocycles. The maximum atomic E-state index is 14.1. The number of halogens is 4. The number of amides is 1. The van der Waals surface area contributed by atoms with Crippen molar-refractivity contribution in [3.05, 3.63) is 82.2 Å². The topological polar surface area (TPSA) is 87.4 Å². The Morgan fingerprint density at radius 2 is 1.63 bits per heavy atom. The predicted molar refractivity (Wildman–Crippen MR) is 147 cm³/mol. The molecule has 1 amide bonds. The number of benzene rings is 2. The molecule has 0 aliphatic heterocycles. The fourth-order valence-corrected chi connectivity index (χ4v) is 7.10. The first-order valence-corrected chi connectivity index (χ1v) is 14.0. The second kappa shape index (κ2) is 10.2. The van der Waals surface area contributed by atoms with Gasteiger partial charge in [0.1, 0.15) is 34.3 Å². The van der Waals surface area contributed by atoms with Crippen LogP contribution < -0.4 is 5.32 Å². The summed E-state index contributed by atoms with van der Waals surface area (Å²) in [6, 6.07) is 7.44. The summed E-state index contributed by atoms with van der Waals surface area (Å²) in [5, 5.41) is 24.7. The largest absolute Gasteiger partial charge is 0.378 e. The summed E-state index contributed by atoms with van der Waals surface area (Å²) in [5.74, 6) is 3.73. The summed E-state index contributed by atoms with van der Waals surface area (Å²) in [6.45, 7) is 0. The summed E-state index contributed by atoms with van der Waals surface area (Å²) < 4.78 is 42.5. The van der Waals surface area contributed by atoms with Crippen molar-refractivity contribution in [2.45, 2.75) is 61.6 Å². The number of aryl methyl sites for hydroxylation is 1. The molecule has 41 heavy (non-hydrogen) atoms. The molecule has 6 rings (SSSR count). The first kappa shape index (κ1) is 27.8. The van der Waals surface area contributed by atoms with Gasteiger partial charge in [0.25, 0.3) is 5.91 Å². The lowest BCUT2D eigenvalue weighted by Crippen LogP contribution is -2.42. The number of nitrogens with one attached hydrogen (secondary N) is 1. The van der Waals surface area contributed by atoms with Crippen molar-refractivity contribution in [2.24, 2.45) is 18.9 Å². The van der Waals surface area contributed by atoms with E-state index < -0.39 is 28.7 Å². The normalized spacial score (nSPS) is 30.3. The Hall–Kier alpha value is -3.32. The molecule has 2 unspecified atom stereocenters. The number of hydrogen-bond acceptors (Lipinski definition) is 4. The molecule has 3 N–H and O–H groups in total. The van der Waals surface area contributed by atoms with Crippen LogP contribution in [0, 0.1) is 41.1 Å². The van der Waals surface area contributed by atoms with E-state index in [4.69, 9.17) is 11.6 Å². The van der Waals surface area contributed by atoms with Gasteiger partial charge in [0.2, 0.25) is 0 Å². The quantitative estimate of drug-likeness (QED) is 0.344. The van der Waals surface area contributed by atoms with Gasteiger partial charge in [-0.1, -0.05) is 29.5 Å². The van der Waals surface area contributed by atoms with Gasteiger partial charge >= 0.3 is 0 Å². The molecular weight excluding hydrogens is 555 g/mol. The zero-order chi connectivity index (χ0) is 29.1. The van der Waals surface area contributed by atoms with E-state index in [2.05, 4.69) is 22.1 Å². The van der Waals surface area contributed by atoms with Crippen LogP contribution in [0.2, 0.25) is 5.02 Å². The third-order valence-corrected chi connectivity index (χ3v) is 9.17. The summed E-state index contributed by atoms with van der Waals surface area (Å²) in [7, 11) is 1.74. The molecule has 3 aliphatic carbocycles. The molecule has 214 valence electrons. The van der Waals surface area contributed by atoms with Gasteiger partial charge in [-0.25, -0.2) is 18.2 Å². The minimum Gasteiger partial charge on any atom is -0.378 e. The van der Waals surface area contributed by atoms with Crippen molar-refractivity contribution < 1.29 is 28.2 Å². The molecule has 0 saturated heterocycles. The summed E-state index contributed by atoms with van der Waals surface area (Å²) >= 11 is 5.85. The van der Waals surface area contributed by atoms with Crippen LogP contribution in [-0.4, -0.2) is 36.9 Å². The summed E-state index contributed by atoms with van der Waals surface area (Å²) in [6.07, 6.45) is 4.44. The molecule has 3 fully saturated rings. The number of carbonyl (C=O) groups excluding carboxylic acids is 1. The van der Waals surface area contributed by atoms with Crippen molar-refractivity contribution in [3.63, 3.8) is 0 Å². The van der Waals surface area contributed by atoms with E-state index in [1.807, 2.05) is 0 Å². The van der Waals surface area contributed by atoms with Crippen LogP contribution in [0.15, 0.2) is 42.7 Å². The van der Waals surface area contributed by atoms with Crippen molar-refractivity contribution >= 4 is 23.2 Å². The molecule has 3 aromatic rings. The van der Waals surface area contributed by atoms with E-state index in [0.717, 1.165) is 18.9 Å². The van der Waals surface area contributed by atoms with Gasteiger partial charge in [0, 0.05) is 24.7 Å². The van der Waals surface area contributed by atoms with Crippen LogP contribution in [0.4, 0.5) is 18.9 Å². The third kappa shape index (κ3) is 5.36. The van der Waals surface area contributed by atoms with Crippen LogP contribution in [0.5, 0.6) is 0 Å². The first-order valence-electron chi connectivity index (χ1n) is 13.6. The highest BCUT2D eigenvalue weighted by Gasteiger charge is 2.50. The van der Waals surface area contributed by atoms with E-state index in [-0.39, 0.29) is 47.4 Å². The number of nitrogens with zero attached hydrogens (tertiary/aromatic N) is 2. The van der Waals surface area contributed by atoms with Crippen LogP contribution in [0.1, 0.15) is 72.1 Å². The second-order valence-corrected chi connectivity index (χ2v) is 12.3. The molecule has 0 bridgehead atoms. The van der Waals surface area contributed by atoms with Crippen molar-refractivity contribution in [1.29, 1.82) is 0 Å². The standard InChI is InChI=1S/C31H29ClF3N3O3/c1-38-16-36-27(28(38)29(39)37-22-3-5-25(34)24(32)11-22)17-8-18-12-30(40,13-19(18)9-17)6-7-31(41)14-20(15-31)23-4-2-21(33)10-26(23)35/h2-5,10-11,16-20,40-41H,8-9,12-15H2,1H3,(H,37,39). The van der Waals surface area contributed by atoms with Gasteiger partial charge in [-0.05, 0) is 86.1 Å². The Bertz CT molecular complexity index is 1580. The molecule has 2 atom stereocenters. The van der Waals surface area contributed by atoms with E-state index in [1.165, 1.54) is 30.3 Å². The average Bonchev–Trinajstić information content (AvgIpc) is 3.54. The lowest BCUT2D eigenvalue weighted by atomic mass is 9.68. The monoisotopic (exact) mass is 583 g/mol. The number of rotatable bonds is 4. The van der Waals surface area contributed by atoms with Gasteiger partial charge < -0.3 is 20.1 Å². The van der Waals surface area contributed by atoms with E-state index >= 15 is 0 Å². The molecule has 6 nitrogen and oxygen atoms in total. The van der Waals surface area contributed by atoms with Gasteiger partial charge in [-0.15, -0.1) is 0 Å².